The van der Waals surface area contributed by atoms with Crippen molar-refractivity contribution < 1.29 is 37.0 Å². The Balaban J connectivity index is 1.60. The molecular weight excluding hydrogens is 598 g/mol. The van der Waals surface area contributed by atoms with Crippen molar-refractivity contribution in [1.29, 1.82) is 0 Å². The van der Waals surface area contributed by atoms with Crippen molar-refractivity contribution >= 4 is 39.7 Å². The lowest BCUT2D eigenvalue weighted by Gasteiger charge is -2.27. The number of aromatic amines is 1. The molecule has 1 aromatic carbocycles. The average Bonchev–Trinajstić information content (AvgIpc) is 3.46. The summed E-state index contributed by atoms with van der Waals surface area (Å²) in [6, 6.07) is 3.15. The van der Waals surface area contributed by atoms with Crippen LogP contribution in [0.5, 0.6) is 0 Å². The zero-order chi connectivity index (χ0) is 32.5. The van der Waals surface area contributed by atoms with Crippen molar-refractivity contribution in [3.8, 4) is 16.8 Å². The molecule has 0 bridgehead atoms. The second-order valence-corrected chi connectivity index (χ2v) is 11.8. The maximum atomic E-state index is 15.3. The van der Waals surface area contributed by atoms with Gasteiger partial charge in [0.1, 0.15) is 28.3 Å². The Labute approximate surface area is 252 Å². The molecule has 4 aromatic heterocycles. The standard InChI is InChI=1S/C30H27F4N7O4/c1-5-40(27(44)45-28(2,3)4)19-11-16(31)10-17-21-23(41-9-6-20(39-41)30(32,33)34)18(14-35-24(21)38-22(17)19)15-12-36-25(37-13-15)29(7-8-29)26(42)43/h6,9-14H,5,7-8H2,1-4H3,(H,35,38)(H,42,43). The molecule has 0 spiro atoms. The van der Waals surface area contributed by atoms with Crippen molar-refractivity contribution in [2.45, 2.75) is 57.7 Å². The van der Waals surface area contributed by atoms with Crippen LogP contribution in [0.2, 0.25) is 0 Å². The van der Waals surface area contributed by atoms with Gasteiger partial charge in [0.15, 0.2) is 5.69 Å². The molecule has 11 nitrogen and oxygen atoms in total. The Hall–Kier alpha value is -5.08. The number of aromatic nitrogens is 6. The van der Waals surface area contributed by atoms with Crippen LogP contribution in [0.4, 0.5) is 28.0 Å². The number of carboxylic acid groups (broad SMARTS) is 1. The Bertz CT molecular complexity index is 1970. The highest BCUT2D eigenvalue weighted by Crippen LogP contribution is 2.47. The second-order valence-electron chi connectivity index (χ2n) is 11.8. The third kappa shape index (κ3) is 5.21. The molecular formula is C30H27F4N7O4. The number of carboxylic acids is 1. The van der Waals surface area contributed by atoms with Crippen LogP contribution in [0.1, 0.15) is 52.1 Å². The van der Waals surface area contributed by atoms with Gasteiger partial charge in [0.2, 0.25) is 0 Å². The molecule has 1 aliphatic carbocycles. The van der Waals surface area contributed by atoms with Crippen molar-refractivity contribution in [3.05, 3.63) is 60.3 Å². The maximum absolute atomic E-state index is 15.3. The molecule has 5 aromatic rings. The first-order valence-electron chi connectivity index (χ1n) is 14.0. The van der Waals surface area contributed by atoms with Gasteiger partial charge in [-0.1, -0.05) is 0 Å². The van der Waals surface area contributed by atoms with Gasteiger partial charge in [0.05, 0.1) is 22.3 Å². The molecule has 0 unspecified atom stereocenters. The highest BCUT2D eigenvalue weighted by Gasteiger charge is 2.54. The number of halogens is 4. The summed E-state index contributed by atoms with van der Waals surface area (Å²) in [7, 11) is 0. The molecule has 1 aliphatic rings. The molecule has 2 N–H and O–H groups in total. The van der Waals surface area contributed by atoms with E-state index in [0.717, 1.165) is 23.0 Å². The molecule has 1 fully saturated rings. The number of ether oxygens (including phenoxy) is 1. The number of carbonyl (C=O) groups excluding carboxylic acids is 1. The van der Waals surface area contributed by atoms with Crippen LogP contribution >= 0.6 is 0 Å². The molecule has 45 heavy (non-hydrogen) atoms. The highest BCUT2D eigenvalue weighted by atomic mass is 19.4. The Morgan fingerprint density at radius 1 is 1.11 bits per heavy atom. The lowest BCUT2D eigenvalue weighted by atomic mass is 10.0. The van der Waals surface area contributed by atoms with Crippen LogP contribution in [0.3, 0.4) is 0 Å². The lowest BCUT2D eigenvalue weighted by molar-refractivity contribution is -0.141. The fourth-order valence-corrected chi connectivity index (χ4v) is 5.24. The summed E-state index contributed by atoms with van der Waals surface area (Å²) in [5, 5.41) is 13.8. The number of pyridine rings is 1. The molecule has 1 saturated carbocycles. The van der Waals surface area contributed by atoms with E-state index in [0.29, 0.717) is 18.4 Å². The summed E-state index contributed by atoms with van der Waals surface area (Å²) in [5.41, 5.74) is -1.89. The number of benzene rings is 1. The monoisotopic (exact) mass is 625 g/mol. The van der Waals surface area contributed by atoms with Crippen LogP contribution in [-0.4, -0.2) is 59.0 Å². The van der Waals surface area contributed by atoms with Gasteiger partial charge >= 0.3 is 18.2 Å². The molecule has 15 heteroatoms. The van der Waals surface area contributed by atoms with Crippen molar-refractivity contribution in [2.24, 2.45) is 0 Å². The van der Waals surface area contributed by atoms with E-state index in [-0.39, 0.29) is 51.2 Å². The lowest BCUT2D eigenvalue weighted by Crippen LogP contribution is -2.37. The predicted molar refractivity (Wildman–Crippen MR) is 155 cm³/mol. The van der Waals surface area contributed by atoms with Crippen molar-refractivity contribution in [3.63, 3.8) is 0 Å². The summed E-state index contributed by atoms with van der Waals surface area (Å²) in [5.74, 6) is -1.64. The first-order chi connectivity index (χ1) is 21.1. The first kappa shape index (κ1) is 30.0. The Morgan fingerprint density at radius 3 is 2.36 bits per heavy atom. The summed E-state index contributed by atoms with van der Waals surface area (Å²) in [6.45, 7) is 6.89. The number of nitrogens with zero attached hydrogens (tertiary/aromatic N) is 6. The number of hydrogen-bond donors (Lipinski definition) is 2. The molecule has 234 valence electrons. The van der Waals surface area contributed by atoms with Gasteiger partial charge in [-0.25, -0.2) is 28.8 Å². The van der Waals surface area contributed by atoms with E-state index in [1.54, 1.807) is 27.7 Å². The van der Waals surface area contributed by atoms with E-state index in [1.165, 1.54) is 29.6 Å². The summed E-state index contributed by atoms with van der Waals surface area (Å²) < 4.78 is 62.8. The number of H-pyrrole nitrogens is 1. The van der Waals surface area contributed by atoms with Crippen LogP contribution < -0.4 is 4.90 Å². The quantitative estimate of drug-likeness (QED) is 0.207. The topological polar surface area (TPSA) is 139 Å². The summed E-state index contributed by atoms with van der Waals surface area (Å²) in [4.78, 5) is 42.3. The number of fused-ring (bicyclic) bond motifs is 3. The van der Waals surface area contributed by atoms with Gasteiger partial charge in [0, 0.05) is 47.8 Å². The number of carbonyl (C=O) groups is 2. The number of aliphatic carboxylic acids is 1. The van der Waals surface area contributed by atoms with E-state index >= 15 is 4.39 Å². The normalized spacial score (nSPS) is 14.6. The molecule has 0 radical (unpaired) electrons. The van der Waals surface area contributed by atoms with E-state index in [1.807, 2.05) is 0 Å². The van der Waals surface area contributed by atoms with Gasteiger partial charge in [-0.15, -0.1) is 0 Å². The van der Waals surface area contributed by atoms with Gasteiger partial charge in [-0.05, 0) is 58.7 Å². The SMILES string of the molecule is CCN(C(=O)OC(C)(C)C)c1cc(F)cc2c1[nH]c1ncc(-c3cnc(C4(C(=O)O)CC4)nc3)c(-n3ccc(C(F)(F)F)n3)c12. The van der Waals surface area contributed by atoms with Gasteiger partial charge < -0.3 is 14.8 Å². The van der Waals surface area contributed by atoms with Crippen LogP contribution in [0.25, 0.3) is 38.8 Å². The van der Waals surface area contributed by atoms with Gasteiger partial charge in [-0.3, -0.25) is 9.69 Å². The highest BCUT2D eigenvalue weighted by molar-refractivity contribution is 6.16. The number of hydrogen-bond acceptors (Lipinski definition) is 7. The minimum atomic E-state index is -4.74. The number of nitrogens with one attached hydrogen (secondary N) is 1. The molecule has 1 amide bonds. The third-order valence-electron chi connectivity index (χ3n) is 7.53. The van der Waals surface area contributed by atoms with E-state index in [4.69, 9.17) is 4.74 Å². The number of anilines is 1. The van der Waals surface area contributed by atoms with Crippen LogP contribution in [-0.2, 0) is 21.1 Å². The van der Waals surface area contributed by atoms with E-state index < -0.39 is 40.8 Å². The fraction of sp³-hybridized carbons (Fsp3) is 0.333. The third-order valence-corrected chi connectivity index (χ3v) is 7.53. The zero-order valence-corrected chi connectivity index (χ0v) is 24.5. The zero-order valence-electron chi connectivity index (χ0n) is 24.5. The van der Waals surface area contributed by atoms with Crippen LogP contribution in [0.15, 0.2) is 43.0 Å². The average molecular weight is 626 g/mol. The predicted octanol–water partition coefficient (Wildman–Crippen LogP) is 6.39. The van der Waals surface area contributed by atoms with E-state index in [2.05, 4.69) is 25.0 Å². The minimum absolute atomic E-state index is 0.106. The van der Waals surface area contributed by atoms with Gasteiger partial charge in [-0.2, -0.15) is 18.3 Å². The molecule has 0 saturated heterocycles. The minimum Gasteiger partial charge on any atom is -0.480 e. The fourth-order valence-electron chi connectivity index (χ4n) is 5.24. The molecule has 0 aliphatic heterocycles. The summed E-state index contributed by atoms with van der Waals surface area (Å²) in [6.07, 6.45) is 0.543. The summed E-state index contributed by atoms with van der Waals surface area (Å²) >= 11 is 0. The molecule has 0 atom stereocenters. The smallest absolute Gasteiger partial charge is 0.435 e. The van der Waals surface area contributed by atoms with E-state index in [9.17, 15) is 27.9 Å². The van der Waals surface area contributed by atoms with Crippen LogP contribution in [0, 0.1) is 5.82 Å². The largest absolute Gasteiger partial charge is 0.480 e. The van der Waals surface area contributed by atoms with Crippen molar-refractivity contribution in [2.75, 3.05) is 11.4 Å². The molecule has 4 heterocycles. The maximum Gasteiger partial charge on any atom is 0.435 e. The van der Waals surface area contributed by atoms with Gasteiger partial charge in [0.25, 0.3) is 0 Å². The number of alkyl halides is 3. The molecule has 6 rings (SSSR count). The number of rotatable bonds is 6. The first-order valence-corrected chi connectivity index (χ1v) is 14.0. The Morgan fingerprint density at radius 2 is 1.80 bits per heavy atom. The second kappa shape index (κ2) is 10.2. The van der Waals surface area contributed by atoms with Crippen molar-refractivity contribution in [1.82, 2.24) is 29.7 Å². The Kier molecular flexibility index (Phi) is 6.82. The number of amides is 1.